The molecule has 0 spiro atoms. The Morgan fingerprint density at radius 1 is 0.603 bits per heavy atom. The van der Waals surface area contributed by atoms with E-state index in [0.29, 0.717) is 0 Å². The van der Waals surface area contributed by atoms with E-state index in [0.717, 1.165) is 117 Å². The number of aryl methyl sites for hydroxylation is 1. The second-order valence-electron chi connectivity index (χ2n) is 21.2. The Morgan fingerprint density at radius 3 is 1.86 bits per heavy atom. The van der Waals surface area contributed by atoms with Crippen molar-refractivity contribution in [3.8, 4) is 61.7 Å². The van der Waals surface area contributed by atoms with Crippen molar-refractivity contribution in [1.82, 2.24) is 19.5 Å². The molecule has 0 saturated carbocycles. The molecular formula is C70H57FIrN4OSi-2. The first kappa shape index (κ1) is 50.7. The number of hydrogen-bond acceptors (Lipinski definition) is 4. The van der Waals surface area contributed by atoms with Crippen LogP contribution in [0.5, 0.6) is 0 Å². The first-order valence-corrected chi connectivity index (χ1v) is 29.8. The quantitative estimate of drug-likeness (QED) is 0.0821. The monoisotopic (exact) mass is 1210 g/mol. The minimum Gasteiger partial charge on any atom is -0.499 e. The molecular weight excluding hydrogens is 1150 g/mol. The van der Waals surface area contributed by atoms with Crippen molar-refractivity contribution >= 4 is 67.9 Å². The van der Waals surface area contributed by atoms with Crippen LogP contribution in [0.4, 0.5) is 4.39 Å². The number of rotatable bonds is 9. The van der Waals surface area contributed by atoms with Gasteiger partial charge >= 0.3 is 0 Å². The summed E-state index contributed by atoms with van der Waals surface area (Å²) in [6.45, 7) is 15.0. The van der Waals surface area contributed by atoms with Gasteiger partial charge in [0.05, 0.1) is 36.0 Å². The van der Waals surface area contributed by atoms with E-state index < -0.39 is 14.0 Å². The van der Waals surface area contributed by atoms with E-state index >= 15 is 0 Å². The van der Waals surface area contributed by atoms with Crippen LogP contribution < -0.4 is 5.19 Å². The second-order valence-corrected chi connectivity index (χ2v) is 26.3. The molecule has 1 atom stereocenters. The molecule has 0 bridgehead atoms. The Morgan fingerprint density at radius 2 is 1.22 bits per heavy atom. The molecule has 8 heteroatoms. The normalized spacial score (nSPS) is 12.7. The zero-order valence-corrected chi connectivity index (χ0v) is 48.0. The number of nitrogens with zero attached hydrogens (tertiary/aromatic N) is 4. The standard InChI is InChI=1S/C51H32N3O.C19H25FNSi.Ir/c1-32-25-27-43(50-46(32)48-45(55-50)30-37(31-52-48)34-17-7-3-8-18-34)51-53-47-41-23-13-11-21-39(41)40-22-12-14-24-42(40)49(47)54(51)44-29-36(33-15-5-2-6-16-33)26-28-38(44)35-19-9-4-10-20-35;1-13(2)14(3)17-11-18(15-7-9-16(20)10-8-15)21-12-19(17)22(4,5)6;/h2-26,28-31H,1H3;7,9-14H,1-6H3;/q2*-1;/i;14D;. The summed E-state index contributed by atoms with van der Waals surface area (Å²) >= 11 is 0. The molecule has 0 aliphatic carbocycles. The Labute approximate surface area is 471 Å². The van der Waals surface area contributed by atoms with Crippen LogP contribution in [0.1, 0.15) is 39.2 Å². The Hall–Kier alpha value is -8.13. The molecule has 13 aromatic rings. The van der Waals surface area contributed by atoms with Gasteiger partial charge in [-0.25, -0.2) is 0 Å². The molecule has 4 heterocycles. The number of imidazole rings is 1. The summed E-state index contributed by atoms with van der Waals surface area (Å²) in [5, 5.41) is 6.76. The van der Waals surface area contributed by atoms with Gasteiger partial charge in [0.25, 0.3) is 0 Å². The fourth-order valence-electron chi connectivity index (χ4n) is 10.7. The summed E-state index contributed by atoms with van der Waals surface area (Å²) in [5.41, 5.74) is 16.2. The van der Waals surface area contributed by atoms with Crippen LogP contribution in [-0.4, -0.2) is 27.6 Å². The molecule has 4 aromatic heterocycles. The zero-order chi connectivity index (χ0) is 53.9. The maximum atomic E-state index is 13.1. The molecule has 78 heavy (non-hydrogen) atoms. The molecule has 5 nitrogen and oxygen atoms in total. The SMILES string of the molecule is Cc1c[c-]c(-c2nc3c4ccccc4c4ccccc4c3n2-c2cc(-c3ccccc3)ccc2-c2ccccc2)c2oc3cc(-c4ccccc4)cnc3c12.[2H]C(C)(c1cc(-c2[c-]cc(F)cc2)ncc1[Si](C)(C)C)C(C)C.[Ir]. The minimum absolute atomic E-state index is 0. The molecule has 0 fully saturated rings. The summed E-state index contributed by atoms with van der Waals surface area (Å²) in [4.78, 5) is 15.2. The fraction of sp³-hybridized carbons (Fsp3) is 0.129. The Kier molecular flexibility index (Phi) is 13.9. The average Bonchev–Trinajstić information content (AvgIpc) is 3.91. The van der Waals surface area contributed by atoms with Gasteiger partial charge in [-0.05, 0) is 73.2 Å². The maximum absolute atomic E-state index is 13.1. The van der Waals surface area contributed by atoms with Crippen molar-refractivity contribution in [2.24, 2.45) is 5.92 Å². The Bertz CT molecular complexity index is 4380. The number of aromatic nitrogens is 4. The van der Waals surface area contributed by atoms with Crippen molar-refractivity contribution in [1.29, 1.82) is 0 Å². The summed E-state index contributed by atoms with van der Waals surface area (Å²) in [6, 6.07) is 72.8. The van der Waals surface area contributed by atoms with Crippen LogP contribution >= 0.6 is 0 Å². The summed E-state index contributed by atoms with van der Waals surface area (Å²) in [7, 11) is -1.62. The molecule has 0 amide bonds. The largest absolute Gasteiger partial charge is 0.499 e. The fourth-order valence-corrected chi connectivity index (χ4v) is 12.2. The third-order valence-electron chi connectivity index (χ3n) is 14.9. The van der Waals surface area contributed by atoms with Crippen LogP contribution in [0.3, 0.4) is 0 Å². The number of halogens is 1. The molecule has 9 aromatic carbocycles. The van der Waals surface area contributed by atoms with Gasteiger partial charge < -0.3 is 14.0 Å². The van der Waals surface area contributed by atoms with Gasteiger partial charge in [0.15, 0.2) is 0 Å². The molecule has 0 aliphatic heterocycles. The van der Waals surface area contributed by atoms with Gasteiger partial charge in [0.1, 0.15) is 5.58 Å². The van der Waals surface area contributed by atoms with Crippen LogP contribution in [-0.2, 0) is 20.1 Å². The van der Waals surface area contributed by atoms with Crippen molar-refractivity contribution in [3.05, 3.63) is 236 Å². The van der Waals surface area contributed by atoms with E-state index in [4.69, 9.17) is 15.8 Å². The van der Waals surface area contributed by atoms with Gasteiger partial charge in [-0.15, -0.1) is 47.5 Å². The predicted molar refractivity (Wildman–Crippen MR) is 321 cm³/mol. The molecule has 385 valence electrons. The van der Waals surface area contributed by atoms with Gasteiger partial charge in [-0.2, -0.15) is 0 Å². The Balaban J connectivity index is 0.000000233. The molecule has 0 saturated heterocycles. The molecule has 1 radical (unpaired) electrons. The third kappa shape index (κ3) is 9.59. The second kappa shape index (κ2) is 21.4. The van der Waals surface area contributed by atoms with Crippen molar-refractivity contribution in [3.63, 3.8) is 0 Å². The van der Waals surface area contributed by atoms with Crippen LogP contribution in [0, 0.1) is 30.8 Å². The summed E-state index contributed by atoms with van der Waals surface area (Å²) in [5.74, 6) is -0.0515. The van der Waals surface area contributed by atoms with Gasteiger partial charge in [-0.3, -0.25) is 14.4 Å². The minimum atomic E-state index is -1.62. The number of fused-ring (bicyclic) bond motifs is 9. The average molecular weight is 1210 g/mol. The molecule has 13 rings (SSSR count). The van der Waals surface area contributed by atoms with Gasteiger partial charge in [0, 0.05) is 67.3 Å². The van der Waals surface area contributed by atoms with Crippen molar-refractivity contribution in [2.45, 2.75) is 53.2 Å². The topological polar surface area (TPSA) is 56.7 Å². The van der Waals surface area contributed by atoms with E-state index in [1.165, 1.54) is 28.1 Å². The maximum Gasteiger partial charge on any atom is 0.140 e. The van der Waals surface area contributed by atoms with E-state index in [2.05, 4.69) is 214 Å². The summed E-state index contributed by atoms with van der Waals surface area (Å²) < 4.78 is 31.2. The smallest absolute Gasteiger partial charge is 0.140 e. The van der Waals surface area contributed by atoms with Crippen LogP contribution in [0.25, 0.3) is 116 Å². The number of benzene rings is 9. The van der Waals surface area contributed by atoms with Crippen LogP contribution in [0.2, 0.25) is 19.6 Å². The first-order valence-electron chi connectivity index (χ1n) is 26.8. The number of furan rings is 1. The molecule has 0 aliphatic rings. The van der Waals surface area contributed by atoms with E-state index in [-0.39, 0.29) is 31.8 Å². The number of hydrogen-bond donors (Lipinski definition) is 0. The van der Waals surface area contributed by atoms with Gasteiger partial charge in [0.2, 0.25) is 0 Å². The van der Waals surface area contributed by atoms with E-state index in [1.807, 2.05) is 43.6 Å². The third-order valence-corrected chi connectivity index (χ3v) is 16.9. The van der Waals surface area contributed by atoms with Crippen LogP contribution in [0.15, 0.2) is 211 Å². The first-order chi connectivity index (χ1) is 37.7. The van der Waals surface area contributed by atoms with E-state index in [9.17, 15) is 4.39 Å². The van der Waals surface area contributed by atoms with Crippen molar-refractivity contribution in [2.75, 3.05) is 0 Å². The summed E-state index contributed by atoms with van der Waals surface area (Å²) in [6.07, 6.45) is 3.86. The molecule has 0 N–H and O–H groups in total. The zero-order valence-electron chi connectivity index (χ0n) is 45.6. The number of pyridine rings is 2. The molecule has 1 unspecified atom stereocenters. The van der Waals surface area contributed by atoms with Crippen molar-refractivity contribution < 1.29 is 30.3 Å². The van der Waals surface area contributed by atoms with E-state index in [1.54, 1.807) is 6.07 Å². The predicted octanol–water partition coefficient (Wildman–Crippen LogP) is 18.4. The van der Waals surface area contributed by atoms with Gasteiger partial charge in [-0.1, -0.05) is 216 Å².